The Morgan fingerprint density at radius 1 is 1.24 bits per heavy atom. The van der Waals surface area contributed by atoms with E-state index in [1.54, 1.807) is 17.2 Å². The number of halogens is 4. The van der Waals surface area contributed by atoms with Crippen LogP contribution in [0.4, 0.5) is 18.9 Å². The summed E-state index contributed by atoms with van der Waals surface area (Å²) in [6.07, 6.45) is 0.499. The van der Waals surface area contributed by atoms with E-state index < -0.39 is 22.2 Å². The monoisotopic (exact) mass is 545 g/mol. The van der Waals surface area contributed by atoms with E-state index >= 15 is 0 Å². The predicted octanol–water partition coefficient (Wildman–Crippen LogP) is 5.53. The summed E-state index contributed by atoms with van der Waals surface area (Å²) in [4.78, 5) is 27.7. The Bertz CT molecular complexity index is 1370. The van der Waals surface area contributed by atoms with Gasteiger partial charge >= 0.3 is 6.18 Å². The van der Waals surface area contributed by atoms with Gasteiger partial charge < -0.3 is 15.0 Å². The van der Waals surface area contributed by atoms with Crippen LogP contribution in [0.2, 0.25) is 5.02 Å². The third kappa shape index (κ3) is 4.44. The average molecular weight is 546 g/mol. The van der Waals surface area contributed by atoms with Crippen LogP contribution in [0.25, 0.3) is 11.3 Å². The second kappa shape index (κ2) is 10.1. The van der Waals surface area contributed by atoms with Crippen LogP contribution in [-0.4, -0.2) is 47.1 Å². The zero-order valence-corrected chi connectivity index (χ0v) is 21.7. The van der Waals surface area contributed by atoms with Crippen LogP contribution in [0.5, 0.6) is 5.88 Å². The quantitative estimate of drug-likeness (QED) is 0.454. The van der Waals surface area contributed by atoms with E-state index in [2.05, 4.69) is 15.3 Å². The molecule has 0 radical (unpaired) electrons. The van der Waals surface area contributed by atoms with Crippen molar-refractivity contribution in [2.75, 3.05) is 31.1 Å². The Balaban J connectivity index is 1.53. The Morgan fingerprint density at radius 3 is 2.79 bits per heavy atom. The lowest BCUT2D eigenvalue weighted by Crippen LogP contribution is -2.58. The van der Waals surface area contributed by atoms with Gasteiger partial charge in [0.15, 0.2) is 0 Å². The molecule has 200 valence electrons. The summed E-state index contributed by atoms with van der Waals surface area (Å²) in [5, 5.41) is 2.58. The lowest BCUT2D eigenvalue weighted by Gasteiger charge is -2.51. The minimum absolute atomic E-state index is 0.0214. The average Bonchev–Trinajstić information content (AvgIpc) is 2.90. The number of carbonyl (C=O) groups excluding carboxylic acids is 1. The predicted molar refractivity (Wildman–Crippen MR) is 138 cm³/mol. The third-order valence-corrected chi connectivity index (χ3v) is 7.87. The zero-order valence-electron chi connectivity index (χ0n) is 21.0. The van der Waals surface area contributed by atoms with Crippen molar-refractivity contribution in [1.29, 1.82) is 0 Å². The molecule has 0 bridgehead atoms. The van der Waals surface area contributed by atoms with Gasteiger partial charge in [-0.25, -0.2) is 9.97 Å². The van der Waals surface area contributed by atoms with Gasteiger partial charge in [0, 0.05) is 37.4 Å². The van der Waals surface area contributed by atoms with Crippen LogP contribution in [-0.2, 0) is 11.6 Å². The Hall–Kier alpha value is -3.40. The molecule has 0 aromatic carbocycles. The van der Waals surface area contributed by atoms with Gasteiger partial charge in [-0.1, -0.05) is 31.0 Å². The molecule has 38 heavy (non-hydrogen) atoms. The van der Waals surface area contributed by atoms with Gasteiger partial charge in [0.2, 0.25) is 5.88 Å². The number of piperidine rings is 1. The van der Waals surface area contributed by atoms with Gasteiger partial charge in [-0.05, 0) is 43.0 Å². The van der Waals surface area contributed by atoms with Crippen LogP contribution >= 0.6 is 11.6 Å². The highest BCUT2D eigenvalue weighted by molar-refractivity contribution is 6.31. The number of nitrogens with one attached hydrogen (secondary N) is 1. The molecule has 2 aliphatic rings. The van der Waals surface area contributed by atoms with Crippen LogP contribution in [0.15, 0.2) is 42.9 Å². The lowest BCUT2D eigenvalue weighted by atomic mass is 9.63. The maximum atomic E-state index is 13.9. The number of rotatable bonds is 5. The Kier molecular flexibility index (Phi) is 6.94. The number of alkyl halides is 3. The first-order chi connectivity index (χ1) is 18.2. The molecule has 1 saturated heterocycles. The Labute approximate surface area is 223 Å². The molecule has 0 saturated carbocycles. The molecule has 0 aliphatic carbocycles. The molecular weight excluding hydrogens is 519 g/mol. The summed E-state index contributed by atoms with van der Waals surface area (Å²) in [6, 6.07) is 7.41. The standard InChI is InChI=1S/C27H27ClF3N5O2/c1-3-16-14-36(21-13-32-12-19(28)22(21)27(29,30)31)11-9-26(16)15-34-24(37)23-18(26)7-8-20(35-23)17-6-5-10-33-25(17)38-4-2/h5-8,10,12-13,16H,3-4,9,11,14-15H2,1-2H3,(H,34,37). The number of aromatic nitrogens is 3. The molecule has 3 aromatic rings. The minimum atomic E-state index is -4.61. The van der Waals surface area contributed by atoms with Crippen molar-refractivity contribution in [2.24, 2.45) is 5.92 Å². The van der Waals surface area contributed by atoms with E-state index in [4.69, 9.17) is 21.3 Å². The van der Waals surface area contributed by atoms with Crippen LogP contribution in [0.1, 0.15) is 48.3 Å². The van der Waals surface area contributed by atoms with Crippen molar-refractivity contribution in [2.45, 2.75) is 38.3 Å². The first-order valence-electron chi connectivity index (χ1n) is 12.5. The molecule has 1 fully saturated rings. The summed E-state index contributed by atoms with van der Waals surface area (Å²) < 4.78 is 47.3. The fourth-order valence-corrected chi connectivity index (χ4v) is 6.04. The number of nitrogens with zero attached hydrogens (tertiary/aromatic N) is 4. The smallest absolute Gasteiger partial charge is 0.419 e. The number of hydrogen-bond donors (Lipinski definition) is 1. The first-order valence-corrected chi connectivity index (χ1v) is 12.9. The second-order valence-electron chi connectivity index (χ2n) is 9.53. The van der Waals surface area contributed by atoms with Crippen molar-refractivity contribution in [3.05, 3.63) is 64.7 Å². The number of carbonyl (C=O) groups is 1. The molecule has 1 amide bonds. The molecule has 2 aliphatic heterocycles. The highest BCUT2D eigenvalue weighted by Gasteiger charge is 2.49. The molecule has 2 unspecified atom stereocenters. The molecular formula is C27H27ClF3N5O2. The fraction of sp³-hybridized carbons (Fsp3) is 0.407. The summed E-state index contributed by atoms with van der Waals surface area (Å²) in [7, 11) is 0. The number of ether oxygens (including phenoxy) is 1. The number of amides is 1. The van der Waals surface area contributed by atoms with Gasteiger partial charge in [-0.3, -0.25) is 9.78 Å². The fourth-order valence-electron chi connectivity index (χ4n) is 5.78. The van der Waals surface area contributed by atoms with E-state index in [-0.39, 0.29) is 17.5 Å². The van der Waals surface area contributed by atoms with E-state index in [1.165, 1.54) is 6.20 Å². The molecule has 7 nitrogen and oxygen atoms in total. The number of hydrogen-bond acceptors (Lipinski definition) is 6. The minimum Gasteiger partial charge on any atom is -0.477 e. The summed E-state index contributed by atoms with van der Waals surface area (Å²) >= 11 is 5.95. The zero-order chi connectivity index (χ0) is 27.1. The van der Waals surface area contributed by atoms with Gasteiger partial charge in [-0.15, -0.1) is 0 Å². The Morgan fingerprint density at radius 2 is 2.05 bits per heavy atom. The molecule has 1 spiro atoms. The van der Waals surface area contributed by atoms with Crippen LogP contribution in [0, 0.1) is 5.92 Å². The van der Waals surface area contributed by atoms with E-state index in [9.17, 15) is 18.0 Å². The first kappa shape index (κ1) is 26.2. The summed E-state index contributed by atoms with van der Waals surface area (Å²) in [5.41, 5.74) is 1.03. The van der Waals surface area contributed by atoms with Crippen molar-refractivity contribution >= 4 is 23.2 Å². The van der Waals surface area contributed by atoms with E-state index in [0.29, 0.717) is 61.9 Å². The maximum Gasteiger partial charge on any atom is 0.419 e. The highest BCUT2D eigenvalue weighted by Crippen LogP contribution is 2.48. The SMILES string of the molecule is CCOc1ncccc1-c1ccc2c(n1)C(=O)NCC21CCN(c2cncc(Cl)c2C(F)(F)F)CC1CC. The highest BCUT2D eigenvalue weighted by atomic mass is 35.5. The second-order valence-corrected chi connectivity index (χ2v) is 9.94. The lowest BCUT2D eigenvalue weighted by molar-refractivity contribution is -0.137. The number of fused-ring (bicyclic) bond motifs is 2. The molecule has 3 aromatic heterocycles. The van der Waals surface area contributed by atoms with Crippen molar-refractivity contribution in [3.63, 3.8) is 0 Å². The molecule has 5 rings (SSSR count). The van der Waals surface area contributed by atoms with Gasteiger partial charge in [0.05, 0.1) is 34.8 Å². The van der Waals surface area contributed by atoms with Crippen molar-refractivity contribution in [1.82, 2.24) is 20.3 Å². The van der Waals surface area contributed by atoms with E-state index in [1.807, 2.05) is 32.0 Å². The molecule has 1 N–H and O–H groups in total. The van der Waals surface area contributed by atoms with Gasteiger partial charge in [0.25, 0.3) is 5.91 Å². The topological polar surface area (TPSA) is 80.2 Å². The van der Waals surface area contributed by atoms with Crippen LogP contribution < -0.4 is 15.0 Å². The van der Waals surface area contributed by atoms with Gasteiger partial charge in [-0.2, -0.15) is 13.2 Å². The van der Waals surface area contributed by atoms with Crippen molar-refractivity contribution in [3.8, 4) is 17.1 Å². The molecule has 2 atom stereocenters. The number of anilines is 1. The molecule has 11 heteroatoms. The third-order valence-electron chi connectivity index (χ3n) is 7.59. The number of pyridine rings is 3. The van der Waals surface area contributed by atoms with Crippen molar-refractivity contribution < 1.29 is 22.7 Å². The van der Waals surface area contributed by atoms with Gasteiger partial charge in [0.1, 0.15) is 11.3 Å². The largest absolute Gasteiger partial charge is 0.477 e. The normalized spacial score (nSPS) is 21.3. The van der Waals surface area contributed by atoms with E-state index in [0.717, 1.165) is 11.8 Å². The summed E-state index contributed by atoms with van der Waals surface area (Å²) in [5.74, 6) is 0.106. The maximum absolute atomic E-state index is 13.9. The molecule has 5 heterocycles. The summed E-state index contributed by atoms with van der Waals surface area (Å²) in [6.45, 7) is 5.41. The van der Waals surface area contributed by atoms with Crippen LogP contribution in [0.3, 0.4) is 0 Å².